The molecule has 0 atom stereocenters. The number of halogens is 3. The quantitative estimate of drug-likeness (QED) is 0.750. The molecular weight excluding hydrogens is 257 g/mol. The summed E-state index contributed by atoms with van der Waals surface area (Å²) in [6.07, 6.45) is -2.79. The van der Waals surface area contributed by atoms with Crippen LogP contribution in [0.4, 0.5) is 13.2 Å². The SMILES string of the molecule is O=S(=O)(CCNC1CC1)NC1(C(F)(F)F)CC1. The highest BCUT2D eigenvalue weighted by Gasteiger charge is 2.65. The molecule has 2 rings (SSSR count). The molecule has 2 saturated carbocycles. The third-order valence-corrected chi connectivity index (χ3v) is 4.47. The molecule has 0 aromatic heterocycles. The number of hydrogen-bond acceptors (Lipinski definition) is 3. The van der Waals surface area contributed by atoms with Gasteiger partial charge in [0.15, 0.2) is 0 Å². The van der Waals surface area contributed by atoms with Gasteiger partial charge in [-0.3, -0.25) is 0 Å². The number of hydrogen-bond donors (Lipinski definition) is 2. The first-order valence-corrected chi connectivity index (χ1v) is 7.21. The summed E-state index contributed by atoms with van der Waals surface area (Å²) in [7, 11) is -3.86. The number of rotatable bonds is 6. The monoisotopic (exact) mass is 272 g/mol. The van der Waals surface area contributed by atoms with Crippen molar-refractivity contribution in [3.8, 4) is 0 Å². The van der Waals surface area contributed by atoms with E-state index in [-0.39, 0.29) is 25.1 Å². The minimum Gasteiger partial charge on any atom is -0.313 e. The fraction of sp³-hybridized carbons (Fsp3) is 1.00. The highest BCUT2D eigenvalue weighted by atomic mass is 32.2. The van der Waals surface area contributed by atoms with E-state index < -0.39 is 21.7 Å². The van der Waals surface area contributed by atoms with E-state index in [2.05, 4.69) is 5.32 Å². The lowest BCUT2D eigenvalue weighted by molar-refractivity contribution is -0.160. The van der Waals surface area contributed by atoms with Crippen LogP contribution in [-0.4, -0.2) is 38.5 Å². The van der Waals surface area contributed by atoms with Crippen LogP contribution in [-0.2, 0) is 10.0 Å². The summed E-state index contributed by atoms with van der Waals surface area (Å²) in [5, 5.41) is 2.96. The van der Waals surface area contributed by atoms with Crippen molar-refractivity contribution in [2.45, 2.75) is 43.4 Å². The van der Waals surface area contributed by atoms with E-state index in [0.29, 0.717) is 6.04 Å². The third-order valence-electron chi connectivity index (χ3n) is 3.02. The van der Waals surface area contributed by atoms with Crippen molar-refractivity contribution in [1.29, 1.82) is 0 Å². The zero-order chi connectivity index (χ0) is 12.7. The standard InChI is InChI=1S/C9H15F3N2O2S/c10-9(11,12)8(3-4-8)14-17(15,16)6-5-13-7-1-2-7/h7,13-14H,1-6H2. The number of nitrogens with one attached hydrogen (secondary N) is 2. The van der Waals surface area contributed by atoms with Gasteiger partial charge in [-0.05, 0) is 25.7 Å². The fourth-order valence-corrected chi connectivity index (χ4v) is 3.01. The van der Waals surface area contributed by atoms with Gasteiger partial charge < -0.3 is 5.32 Å². The van der Waals surface area contributed by atoms with E-state index in [1.165, 1.54) is 0 Å². The van der Waals surface area contributed by atoms with Crippen LogP contribution in [0, 0.1) is 0 Å². The molecule has 0 aromatic carbocycles. The summed E-state index contributed by atoms with van der Waals surface area (Å²) in [5.74, 6) is -0.304. The minimum absolute atomic E-state index is 0.161. The van der Waals surface area contributed by atoms with Gasteiger partial charge in [0.2, 0.25) is 10.0 Å². The van der Waals surface area contributed by atoms with E-state index >= 15 is 0 Å². The smallest absolute Gasteiger partial charge is 0.313 e. The van der Waals surface area contributed by atoms with E-state index in [0.717, 1.165) is 12.8 Å². The Morgan fingerprint density at radius 3 is 2.24 bits per heavy atom. The lowest BCUT2D eigenvalue weighted by Gasteiger charge is -2.20. The lowest BCUT2D eigenvalue weighted by Crippen LogP contribution is -2.49. The van der Waals surface area contributed by atoms with Crippen molar-refractivity contribution < 1.29 is 21.6 Å². The average Bonchev–Trinajstić information content (AvgIpc) is 2.95. The first-order valence-electron chi connectivity index (χ1n) is 5.56. The van der Waals surface area contributed by atoms with Gasteiger partial charge in [-0.15, -0.1) is 0 Å². The molecule has 17 heavy (non-hydrogen) atoms. The zero-order valence-electron chi connectivity index (χ0n) is 9.18. The lowest BCUT2D eigenvalue weighted by atomic mass is 10.3. The Morgan fingerprint density at radius 2 is 1.82 bits per heavy atom. The maximum atomic E-state index is 12.5. The van der Waals surface area contributed by atoms with Crippen LogP contribution < -0.4 is 10.0 Å². The summed E-state index contributed by atoms with van der Waals surface area (Å²) < 4.78 is 62.4. The zero-order valence-corrected chi connectivity index (χ0v) is 10.00. The predicted octanol–water partition coefficient (Wildman–Crippen LogP) is 0.753. The second-order valence-corrected chi connectivity index (χ2v) is 6.57. The summed E-state index contributed by atoms with van der Waals surface area (Å²) in [6, 6.07) is 0.350. The maximum Gasteiger partial charge on any atom is 0.407 e. The summed E-state index contributed by atoms with van der Waals surface area (Å²) in [4.78, 5) is 0. The highest BCUT2D eigenvalue weighted by Crippen LogP contribution is 2.49. The van der Waals surface area contributed by atoms with Crippen molar-refractivity contribution in [2.75, 3.05) is 12.3 Å². The fourth-order valence-electron chi connectivity index (χ4n) is 1.60. The van der Waals surface area contributed by atoms with Crippen LogP contribution in [0.1, 0.15) is 25.7 Å². The molecule has 2 fully saturated rings. The molecule has 0 saturated heterocycles. The Balaban J connectivity index is 1.84. The molecule has 0 spiro atoms. The molecular formula is C9H15F3N2O2S. The Kier molecular flexibility index (Phi) is 3.16. The molecule has 8 heteroatoms. The molecule has 100 valence electrons. The van der Waals surface area contributed by atoms with Gasteiger partial charge in [-0.1, -0.05) is 0 Å². The normalized spacial score (nSPS) is 23.7. The molecule has 0 amide bonds. The molecule has 2 aliphatic carbocycles. The maximum absolute atomic E-state index is 12.5. The Hall–Kier alpha value is -0.340. The highest BCUT2D eigenvalue weighted by molar-refractivity contribution is 7.89. The van der Waals surface area contributed by atoms with Gasteiger partial charge in [0.1, 0.15) is 5.54 Å². The predicted molar refractivity (Wildman–Crippen MR) is 56.0 cm³/mol. The molecule has 4 nitrogen and oxygen atoms in total. The Morgan fingerprint density at radius 1 is 1.24 bits per heavy atom. The topological polar surface area (TPSA) is 58.2 Å². The third kappa shape index (κ3) is 3.32. The molecule has 0 aromatic rings. The van der Waals surface area contributed by atoms with Gasteiger partial charge in [0.25, 0.3) is 0 Å². The molecule has 0 bridgehead atoms. The molecule has 0 aliphatic heterocycles. The largest absolute Gasteiger partial charge is 0.407 e. The van der Waals surface area contributed by atoms with Crippen LogP contribution in [0.3, 0.4) is 0 Å². The van der Waals surface area contributed by atoms with E-state index in [1.807, 2.05) is 0 Å². The number of sulfonamides is 1. The van der Waals surface area contributed by atoms with E-state index in [1.54, 1.807) is 4.72 Å². The minimum atomic E-state index is -4.50. The van der Waals surface area contributed by atoms with E-state index in [9.17, 15) is 21.6 Å². The van der Waals surface area contributed by atoms with Gasteiger partial charge in [0, 0.05) is 12.6 Å². The Bertz CT molecular complexity index is 386. The second kappa shape index (κ2) is 4.10. The first kappa shape index (κ1) is 13.1. The molecule has 2 aliphatic rings. The van der Waals surface area contributed by atoms with Crippen LogP contribution >= 0.6 is 0 Å². The van der Waals surface area contributed by atoms with Gasteiger partial charge in [-0.25, -0.2) is 8.42 Å². The van der Waals surface area contributed by atoms with E-state index in [4.69, 9.17) is 0 Å². The van der Waals surface area contributed by atoms with Crippen LogP contribution in [0.5, 0.6) is 0 Å². The second-order valence-electron chi connectivity index (χ2n) is 4.73. The van der Waals surface area contributed by atoms with Crippen LogP contribution in [0.25, 0.3) is 0 Å². The average molecular weight is 272 g/mol. The molecule has 2 N–H and O–H groups in total. The molecule has 0 heterocycles. The van der Waals surface area contributed by atoms with Crippen molar-refractivity contribution >= 4 is 10.0 Å². The van der Waals surface area contributed by atoms with Gasteiger partial charge >= 0.3 is 6.18 Å². The van der Waals surface area contributed by atoms with Gasteiger partial charge in [0.05, 0.1) is 5.75 Å². The molecule has 0 unspecified atom stereocenters. The molecule has 0 radical (unpaired) electrons. The summed E-state index contributed by atoms with van der Waals surface area (Å²) in [5.41, 5.74) is -2.19. The van der Waals surface area contributed by atoms with Crippen molar-refractivity contribution in [1.82, 2.24) is 10.0 Å². The van der Waals surface area contributed by atoms with Crippen LogP contribution in [0.2, 0.25) is 0 Å². The van der Waals surface area contributed by atoms with Crippen molar-refractivity contribution in [3.05, 3.63) is 0 Å². The summed E-state index contributed by atoms with van der Waals surface area (Å²) >= 11 is 0. The first-order chi connectivity index (χ1) is 7.74. The summed E-state index contributed by atoms with van der Waals surface area (Å²) in [6.45, 7) is 0.202. The van der Waals surface area contributed by atoms with Crippen molar-refractivity contribution in [3.63, 3.8) is 0 Å². The number of alkyl halides is 3. The van der Waals surface area contributed by atoms with Gasteiger partial charge in [-0.2, -0.15) is 17.9 Å². The van der Waals surface area contributed by atoms with Crippen LogP contribution in [0.15, 0.2) is 0 Å². The Labute approximate surface area is 98.0 Å². The van der Waals surface area contributed by atoms with Crippen molar-refractivity contribution in [2.24, 2.45) is 0 Å².